The van der Waals surface area contributed by atoms with E-state index >= 15 is 0 Å². The van der Waals surface area contributed by atoms with Crippen LogP contribution in [-0.2, 0) is 0 Å². The van der Waals surface area contributed by atoms with E-state index in [0.29, 0.717) is 11.1 Å². The Morgan fingerprint density at radius 3 is 1.90 bits per heavy atom. The van der Waals surface area contributed by atoms with Crippen molar-refractivity contribution < 1.29 is 9.18 Å². The van der Waals surface area contributed by atoms with Gasteiger partial charge in [-0.25, -0.2) is 4.39 Å². The fourth-order valence-electron chi connectivity index (χ4n) is 3.91. The van der Waals surface area contributed by atoms with Crippen molar-refractivity contribution in [2.75, 3.05) is 5.32 Å². The van der Waals surface area contributed by atoms with E-state index < -0.39 is 6.04 Å². The number of nitrogens with one attached hydrogen (secondary N) is 1. The van der Waals surface area contributed by atoms with Crippen molar-refractivity contribution in [3.05, 3.63) is 126 Å². The second kappa shape index (κ2) is 8.04. The number of halogens is 1. The summed E-state index contributed by atoms with van der Waals surface area (Å²) in [6.07, 6.45) is 0. The van der Waals surface area contributed by atoms with E-state index in [2.05, 4.69) is 11.4 Å². The first-order valence-corrected chi connectivity index (χ1v) is 10.2. The van der Waals surface area contributed by atoms with Crippen LogP contribution in [0.5, 0.6) is 0 Å². The Morgan fingerprint density at radius 2 is 1.23 bits per heavy atom. The van der Waals surface area contributed by atoms with Gasteiger partial charge in [0.15, 0.2) is 5.78 Å². The monoisotopic (exact) mass is 405 g/mol. The van der Waals surface area contributed by atoms with Crippen LogP contribution in [-0.4, -0.2) is 5.78 Å². The van der Waals surface area contributed by atoms with Gasteiger partial charge in [0.25, 0.3) is 0 Å². The van der Waals surface area contributed by atoms with E-state index in [9.17, 15) is 9.18 Å². The SMILES string of the molecule is O=C(c1ccc2ccccc2c1)C(Nc1ccc2ccccc2c1)c1ccc(F)cc1. The Kier molecular flexibility index (Phi) is 4.93. The van der Waals surface area contributed by atoms with Crippen LogP contribution in [0, 0.1) is 5.82 Å². The minimum absolute atomic E-state index is 0.0643. The highest BCUT2D eigenvalue weighted by molar-refractivity contribution is 6.05. The summed E-state index contributed by atoms with van der Waals surface area (Å²) in [6.45, 7) is 0. The maximum atomic E-state index is 13.6. The Morgan fingerprint density at radius 1 is 0.645 bits per heavy atom. The lowest BCUT2D eigenvalue weighted by Gasteiger charge is -2.20. The maximum Gasteiger partial charge on any atom is 0.189 e. The lowest BCUT2D eigenvalue weighted by Crippen LogP contribution is -2.21. The molecule has 2 nitrogen and oxygen atoms in total. The molecule has 5 aromatic rings. The number of carbonyl (C=O) groups is 1. The fourth-order valence-corrected chi connectivity index (χ4v) is 3.91. The number of carbonyl (C=O) groups excluding carboxylic acids is 1. The Balaban J connectivity index is 1.55. The third kappa shape index (κ3) is 3.90. The number of rotatable bonds is 5. The lowest BCUT2D eigenvalue weighted by molar-refractivity contribution is 0.0969. The number of hydrogen-bond acceptors (Lipinski definition) is 2. The van der Waals surface area contributed by atoms with Crippen LogP contribution >= 0.6 is 0 Å². The molecular weight excluding hydrogens is 385 g/mol. The summed E-state index contributed by atoms with van der Waals surface area (Å²) in [6, 6.07) is 33.2. The van der Waals surface area contributed by atoms with Gasteiger partial charge in [-0.2, -0.15) is 0 Å². The van der Waals surface area contributed by atoms with Gasteiger partial charge in [0.2, 0.25) is 0 Å². The molecule has 0 amide bonds. The predicted molar refractivity (Wildman–Crippen MR) is 125 cm³/mol. The molecule has 5 aromatic carbocycles. The maximum absolute atomic E-state index is 13.6. The number of benzene rings is 5. The number of fused-ring (bicyclic) bond motifs is 2. The molecule has 1 N–H and O–H groups in total. The molecule has 0 aliphatic carbocycles. The van der Waals surface area contributed by atoms with Gasteiger partial charge >= 0.3 is 0 Å². The standard InChI is InChI=1S/C28H20FNO/c29-25-14-11-21(12-15-25)27(30-26-16-13-20-6-2-4-8-23(20)18-26)28(31)24-10-9-19-5-1-3-7-22(19)17-24/h1-18,27,30H. The van der Waals surface area contributed by atoms with Crippen molar-refractivity contribution in [3.63, 3.8) is 0 Å². The van der Waals surface area contributed by atoms with Crippen LogP contribution in [0.4, 0.5) is 10.1 Å². The van der Waals surface area contributed by atoms with Gasteiger partial charge in [0.05, 0.1) is 0 Å². The molecule has 5 rings (SSSR count). The first kappa shape index (κ1) is 19.0. The molecule has 150 valence electrons. The molecule has 1 unspecified atom stereocenters. The number of Topliss-reactive ketones (excluding diaryl/α,β-unsaturated/α-hetero) is 1. The average molecular weight is 405 g/mol. The second-order valence-corrected chi connectivity index (χ2v) is 7.62. The molecular formula is C28H20FNO. The molecule has 31 heavy (non-hydrogen) atoms. The summed E-state index contributed by atoms with van der Waals surface area (Å²) in [5.74, 6) is -0.392. The average Bonchev–Trinajstić information content (AvgIpc) is 2.82. The van der Waals surface area contributed by atoms with Crippen LogP contribution < -0.4 is 5.32 Å². The van der Waals surface area contributed by atoms with Crippen LogP contribution in [0.25, 0.3) is 21.5 Å². The normalized spacial score (nSPS) is 12.0. The summed E-state index contributed by atoms with van der Waals surface area (Å²) in [5.41, 5.74) is 2.16. The van der Waals surface area contributed by atoms with E-state index in [1.807, 2.05) is 78.9 Å². The molecule has 0 heterocycles. The Hall–Kier alpha value is -3.98. The first-order chi connectivity index (χ1) is 15.2. The molecule has 0 saturated heterocycles. The predicted octanol–water partition coefficient (Wildman–Crippen LogP) is 7.17. The zero-order valence-electron chi connectivity index (χ0n) is 16.8. The van der Waals surface area contributed by atoms with Crippen molar-refractivity contribution in [1.29, 1.82) is 0 Å². The number of anilines is 1. The summed E-state index contributed by atoms with van der Waals surface area (Å²) >= 11 is 0. The highest BCUT2D eigenvalue weighted by atomic mass is 19.1. The largest absolute Gasteiger partial charge is 0.371 e. The zero-order valence-corrected chi connectivity index (χ0v) is 16.8. The molecule has 1 atom stereocenters. The summed E-state index contributed by atoms with van der Waals surface area (Å²) in [5, 5.41) is 7.69. The van der Waals surface area contributed by atoms with E-state index in [4.69, 9.17) is 0 Å². The molecule has 3 heteroatoms. The minimum atomic E-state index is -0.636. The van der Waals surface area contributed by atoms with Gasteiger partial charge in [-0.1, -0.05) is 78.9 Å². The van der Waals surface area contributed by atoms with Gasteiger partial charge in [-0.05, 0) is 57.4 Å². The van der Waals surface area contributed by atoms with E-state index in [0.717, 1.165) is 27.2 Å². The quantitative estimate of drug-likeness (QED) is 0.314. The lowest BCUT2D eigenvalue weighted by atomic mass is 9.95. The molecule has 0 aliphatic rings. The van der Waals surface area contributed by atoms with Crippen LogP contribution in [0.3, 0.4) is 0 Å². The molecule has 0 fully saturated rings. The van der Waals surface area contributed by atoms with Gasteiger partial charge in [-0.15, -0.1) is 0 Å². The second-order valence-electron chi connectivity index (χ2n) is 7.62. The highest BCUT2D eigenvalue weighted by Gasteiger charge is 2.22. The fraction of sp³-hybridized carbons (Fsp3) is 0.0357. The first-order valence-electron chi connectivity index (χ1n) is 10.2. The van der Waals surface area contributed by atoms with Gasteiger partial charge in [-0.3, -0.25) is 4.79 Å². The minimum Gasteiger partial charge on any atom is -0.371 e. The molecule has 0 bridgehead atoms. The molecule has 0 radical (unpaired) electrons. The van der Waals surface area contributed by atoms with Crippen molar-refractivity contribution >= 4 is 33.0 Å². The van der Waals surface area contributed by atoms with Crippen molar-refractivity contribution in [2.45, 2.75) is 6.04 Å². The van der Waals surface area contributed by atoms with Gasteiger partial charge in [0.1, 0.15) is 11.9 Å². The van der Waals surface area contributed by atoms with Crippen molar-refractivity contribution in [3.8, 4) is 0 Å². The smallest absolute Gasteiger partial charge is 0.189 e. The summed E-state index contributed by atoms with van der Waals surface area (Å²) in [4.78, 5) is 13.6. The third-order valence-corrected chi connectivity index (χ3v) is 5.56. The summed E-state index contributed by atoms with van der Waals surface area (Å²) < 4.78 is 13.5. The van der Waals surface area contributed by atoms with E-state index in [-0.39, 0.29) is 11.6 Å². The number of hydrogen-bond donors (Lipinski definition) is 1. The Labute approximate surface area is 180 Å². The van der Waals surface area contributed by atoms with Gasteiger partial charge < -0.3 is 5.32 Å². The van der Waals surface area contributed by atoms with Gasteiger partial charge in [0, 0.05) is 11.3 Å². The van der Waals surface area contributed by atoms with E-state index in [1.165, 1.54) is 12.1 Å². The molecule has 0 aromatic heterocycles. The summed E-state index contributed by atoms with van der Waals surface area (Å²) in [7, 11) is 0. The van der Waals surface area contributed by atoms with E-state index in [1.54, 1.807) is 12.1 Å². The topological polar surface area (TPSA) is 29.1 Å². The van der Waals surface area contributed by atoms with Crippen LogP contribution in [0.2, 0.25) is 0 Å². The molecule has 0 aliphatic heterocycles. The van der Waals surface area contributed by atoms with Crippen LogP contribution in [0.1, 0.15) is 22.0 Å². The number of ketones is 1. The zero-order chi connectivity index (χ0) is 21.2. The molecule has 0 spiro atoms. The van der Waals surface area contributed by atoms with Crippen molar-refractivity contribution in [1.82, 2.24) is 0 Å². The highest BCUT2D eigenvalue weighted by Crippen LogP contribution is 2.28. The Bertz CT molecular complexity index is 1390. The van der Waals surface area contributed by atoms with Crippen LogP contribution in [0.15, 0.2) is 109 Å². The molecule has 0 saturated carbocycles. The van der Waals surface area contributed by atoms with Crippen molar-refractivity contribution in [2.24, 2.45) is 0 Å². The third-order valence-electron chi connectivity index (χ3n) is 5.56.